The largest absolute Gasteiger partial charge is 0.386 e. The first-order chi connectivity index (χ1) is 8.37. The molecule has 0 aliphatic rings. The number of benzene rings is 1. The molecular formula is C15H24FNO. The van der Waals surface area contributed by atoms with Crippen LogP contribution in [0.3, 0.4) is 0 Å². The Kier molecular flexibility index (Phi) is 4.88. The molecule has 1 aromatic rings. The summed E-state index contributed by atoms with van der Waals surface area (Å²) in [7, 11) is 3.92. The maximum atomic E-state index is 13.5. The van der Waals surface area contributed by atoms with Gasteiger partial charge < -0.3 is 10.0 Å². The third-order valence-electron chi connectivity index (χ3n) is 4.00. The minimum absolute atomic E-state index is 0.288. The third-order valence-corrected chi connectivity index (χ3v) is 4.00. The number of aryl methyl sites for hydroxylation is 1. The van der Waals surface area contributed by atoms with Gasteiger partial charge in [0.25, 0.3) is 0 Å². The molecule has 0 radical (unpaired) electrons. The van der Waals surface area contributed by atoms with Crippen LogP contribution in [0.15, 0.2) is 18.2 Å². The number of rotatable bonds is 5. The zero-order valence-corrected chi connectivity index (χ0v) is 12.0. The SMILES string of the molecule is CCC(CC)(C(O)c1cc(C)cc(F)c1)N(C)C. The van der Waals surface area contributed by atoms with Gasteiger partial charge in [0.15, 0.2) is 0 Å². The summed E-state index contributed by atoms with van der Waals surface area (Å²) in [5, 5.41) is 10.6. The standard InChI is InChI=1S/C15H24FNO/c1-6-15(7-2,17(4)5)14(18)12-8-11(3)9-13(16)10-12/h8-10,14,18H,6-7H2,1-5H3. The Labute approximate surface area is 109 Å². The second-order valence-corrected chi connectivity index (χ2v) is 5.17. The Morgan fingerprint density at radius 1 is 1.22 bits per heavy atom. The van der Waals surface area contributed by atoms with Crippen LogP contribution in [0.1, 0.15) is 43.9 Å². The molecule has 18 heavy (non-hydrogen) atoms. The van der Waals surface area contributed by atoms with Gasteiger partial charge in [-0.25, -0.2) is 4.39 Å². The highest BCUT2D eigenvalue weighted by atomic mass is 19.1. The molecule has 0 aliphatic heterocycles. The average Bonchev–Trinajstić information content (AvgIpc) is 2.29. The van der Waals surface area contributed by atoms with Crippen molar-refractivity contribution in [2.24, 2.45) is 0 Å². The van der Waals surface area contributed by atoms with Crippen LogP contribution in [0.2, 0.25) is 0 Å². The van der Waals surface area contributed by atoms with Crippen LogP contribution in [-0.4, -0.2) is 29.6 Å². The van der Waals surface area contributed by atoms with E-state index in [1.54, 1.807) is 0 Å². The van der Waals surface area contributed by atoms with Crippen molar-refractivity contribution in [3.63, 3.8) is 0 Å². The Hall–Kier alpha value is -0.930. The van der Waals surface area contributed by atoms with Gasteiger partial charge in [-0.15, -0.1) is 0 Å². The summed E-state index contributed by atoms with van der Waals surface area (Å²) in [6.45, 7) is 5.95. The summed E-state index contributed by atoms with van der Waals surface area (Å²) < 4.78 is 13.5. The Morgan fingerprint density at radius 3 is 2.17 bits per heavy atom. The van der Waals surface area contributed by atoms with E-state index in [1.165, 1.54) is 12.1 Å². The fourth-order valence-electron chi connectivity index (χ4n) is 2.75. The topological polar surface area (TPSA) is 23.5 Å². The molecule has 1 rings (SSSR count). The maximum Gasteiger partial charge on any atom is 0.123 e. The van der Waals surface area contributed by atoms with Crippen molar-refractivity contribution in [3.05, 3.63) is 35.1 Å². The number of hydrogen-bond acceptors (Lipinski definition) is 2. The molecule has 1 N–H and O–H groups in total. The first kappa shape index (κ1) is 15.1. The van der Waals surface area contributed by atoms with E-state index in [1.807, 2.05) is 32.0 Å². The van der Waals surface area contributed by atoms with E-state index in [0.717, 1.165) is 18.4 Å². The highest BCUT2D eigenvalue weighted by molar-refractivity contribution is 5.27. The molecule has 0 aromatic heterocycles. The van der Waals surface area contributed by atoms with E-state index in [4.69, 9.17) is 0 Å². The summed E-state index contributed by atoms with van der Waals surface area (Å²) in [6, 6.07) is 4.77. The van der Waals surface area contributed by atoms with E-state index >= 15 is 0 Å². The van der Waals surface area contributed by atoms with Crippen LogP contribution in [0.5, 0.6) is 0 Å². The van der Waals surface area contributed by atoms with Crippen LogP contribution in [0, 0.1) is 12.7 Å². The molecule has 0 saturated heterocycles. The Morgan fingerprint density at radius 2 is 1.78 bits per heavy atom. The van der Waals surface area contributed by atoms with E-state index in [0.29, 0.717) is 5.56 Å². The molecule has 0 bridgehead atoms. The number of nitrogens with zero attached hydrogens (tertiary/aromatic N) is 1. The number of hydrogen-bond donors (Lipinski definition) is 1. The molecule has 0 fully saturated rings. The van der Waals surface area contributed by atoms with Crippen LogP contribution in [0.25, 0.3) is 0 Å². The molecule has 0 aliphatic carbocycles. The van der Waals surface area contributed by atoms with E-state index in [9.17, 15) is 9.50 Å². The van der Waals surface area contributed by atoms with E-state index < -0.39 is 6.10 Å². The minimum Gasteiger partial charge on any atom is -0.386 e. The quantitative estimate of drug-likeness (QED) is 0.870. The maximum absolute atomic E-state index is 13.5. The Balaban J connectivity index is 3.21. The molecule has 0 heterocycles. The third kappa shape index (κ3) is 2.73. The normalized spacial score (nSPS) is 14.0. The summed E-state index contributed by atoms with van der Waals surface area (Å²) in [5.74, 6) is -0.288. The second-order valence-electron chi connectivity index (χ2n) is 5.17. The van der Waals surface area contributed by atoms with Crippen LogP contribution >= 0.6 is 0 Å². The smallest absolute Gasteiger partial charge is 0.123 e. The molecular weight excluding hydrogens is 229 g/mol. The van der Waals surface area contributed by atoms with Gasteiger partial charge >= 0.3 is 0 Å². The minimum atomic E-state index is -0.683. The first-order valence-corrected chi connectivity index (χ1v) is 6.50. The second kappa shape index (κ2) is 5.81. The van der Waals surface area contributed by atoms with Crippen LogP contribution in [-0.2, 0) is 0 Å². The van der Waals surface area contributed by atoms with Crippen molar-refractivity contribution in [2.45, 2.75) is 45.3 Å². The van der Waals surface area contributed by atoms with Crippen molar-refractivity contribution in [3.8, 4) is 0 Å². The van der Waals surface area contributed by atoms with Crippen molar-refractivity contribution in [1.82, 2.24) is 4.90 Å². The fourth-order valence-corrected chi connectivity index (χ4v) is 2.75. The van der Waals surface area contributed by atoms with Gasteiger partial charge in [-0.3, -0.25) is 0 Å². The number of aliphatic hydroxyl groups excluding tert-OH is 1. The predicted molar refractivity (Wildman–Crippen MR) is 73.1 cm³/mol. The molecule has 102 valence electrons. The van der Waals surface area contributed by atoms with Gasteiger partial charge in [0.2, 0.25) is 0 Å². The summed E-state index contributed by atoms with van der Waals surface area (Å²) >= 11 is 0. The van der Waals surface area contributed by atoms with E-state index in [2.05, 4.69) is 13.8 Å². The Bertz CT molecular complexity index is 379. The van der Waals surface area contributed by atoms with Gasteiger partial charge in [-0.1, -0.05) is 19.9 Å². The fraction of sp³-hybridized carbons (Fsp3) is 0.600. The molecule has 2 nitrogen and oxygen atoms in total. The van der Waals surface area contributed by atoms with Gasteiger partial charge in [-0.2, -0.15) is 0 Å². The molecule has 0 saturated carbocycles. The lowest BCUT2D eigenvalue weighted by Gasteiger charge is -2.42. The van der Waals surface area contributed by atoms with Gasteiger partial charge in [0.1, 0.15) is 5.82 Å². The van der Waals surface area contributed by atoms with E-state index in [-0.39, 0.29) is 11.4 Å². The van der Waals surface area contributed by atoms with Gasteiger partial charge in [0, 0.05) is 5.54 Å². The molecule has 1 atom stereocenters. The lowest BCUT2D eigenvalue weighted by atomic mass is 9.81. The van der Waals surface area contributed by atoms with Crippen molar-refractivity contribution in [1.29, 1.82) is 0 Å². The van der Waals surface area contributed by atoms with Gasteiger partial charge in [-0.05, 0) is 57.1 Å². The predicted octanol–water partition coefficient (Wildman–Crippen LogP) is 3.29. The highest BCUT2D eigenvalue weighted by Gasteiger charge is 2.37. The average molecular weight is 253 g/mol. The van der Waals surface area contributed by atoms with Crippen molar-refractivity contribution in [2.75, 3.05) is 14.1 Å². The summed E-state index contributed by atoms with van der Waals surface area (Å²) in [6.07, 6.45) is 0.942. The molecule has 0 amide bonds. The van der Waals surface area contributed by atoms with Crippen LogP contribution < -0.4 is 0 Å². The van der Waals surface area contributed by atoms with Crippen molar-refractivity contribution >= 4 is 0 Å². The number of likely N-dealkylation sites (N-methyl/N-ethyl adjacent to an activating group) is 1. The number of halogens is 1. The zero-order chi connectivity index (χ0) is 13.9. The first-order valence-electron chi connectivity index (χ1n) is 6.50. The molecule has 1 unspecified atom stereocenters. The van der Waals surface area contributed by atoms with Gasteiger partial charge in [0.05, 0.1) is 6.10 Å². The lowest BCUT2D eigenvalue weighted by Crippen LogP contribution is -2.48. The summed E-state index contributed by atoms with van der Waals surface area (Å²) in [4.78, 5) is 2.04. The van der Waals surface area contributed by atoms with Crippen LogP contribution in [0.4, 0.5) is 4.39 Å². The molecule has 3 heteroatoms. The highest BCUT2D eigenvalue weighted by Crippen LogP contribution is 2.36. The molecule has 1 aromatic carbocycles. The molecule has 0 spiro atoms. The summed E-state index contributed by atoms with van der Waals surface area (Å²) in [5.41, 5.74) is 1.15. The van der Waals surface area contributed by atoms with Crippen molar-refractivity contribution < 1.29 is 9.50 Å². The number of aliphatic hydroxyl groups is 1. The zero-order valence-electron chi connectivity index (χ0n) is 12.0. The lowest BCUT2D eigenvalue weighted by molar-refractivity contribution is -0.0151. The monoisotopic (exact) mass is 253 g/mol.